The van der Waals surface area contributed by atoms with Gasteiger partial charge in [-0.2, -0.15) is 11.8 Å². The minimum absolute atomic E-state index is 0.615. The number of hydrogen-bond acceptors (Lipinski definition) is 2. The predicted molar refractivity (Wildman–Crippen MR) is 64.7 cm³/mol. The lowest BCUT2D eigenvalue weighted by Gasteiger charge is -2.12. The normalized spacial score (nSPS) is 13.0. The van der Waals surface area contributed by atoms with Crippen LogP contribution in [0.1, 0.15) is 25.8 Å². The van der Waals surface area contributed by atoms with E-state index in [0.717, 1.165) is 6.54 Å². The summed E-state index contributed by atoms with van der Waals surface area (Å²) in [6.45, 7) is 5.44. The van der Waals surface area contributed by atoms with Crippen LogP contribution in [0.25, 0.3) is 0 Å². The molecule has 0 aromatic carbocycles. The van der Waals surface area contributed by atoms with Crippen molar-refractivity contribution in [3.63, 3.8) is 0 Å². The molecule has 3 heteroatoms. The summed E-state index contributed by atoms with van der Waals surface area (Å²) in [5.74, 6) is 2.49. The summed E-state index contributed by atoms with van der Waals surface area (Å²) < 4.78 is 0. The van der Waals surface area contributed by atoms with E-state index < -0.39 is 0 Å². The van der Waals surface area contributed by atoms with Crippen LogP contribution in [0, 0.1) is 0 Å². The smallest absolute Gasteiger partial charge is 0.0222 e. The van der Waals surface area contributed by atoms with Crippen molar-refractivity contribution < 1.29 is 0 Å². The second-order valence-corrected chi connectivity index (χ2v) is 4.88. The molecule has 2 N–H and O–H groups in total. The van der Waals surface area contributed by atoms with E-state index in [4.69, 9.17) is 0 Å². The largest absolute Gasteiger partial charge is 0.367 e. The zero-order valence-corrected chi connectivity index (χ0v) is 9.86. The molecule has 0 amide bonds. The summed E-state index contributed by atoms with van der Waals surface area (Å²) in [5, 5.41) is 3.51. The van der Waals surface area contributed by atoms with Gasteiger partial charge in [-0.15, -0.1) is 0 Å². The Morgan fingerprint density at radius 3 is 3.07 bits per heavy atom. The minimum atomic E-state index is 0.615. The molecule has 1 aromatic rings. The molecule has 0 saturated heterocycles. The monoisotopic (exact) mass is 212 g/mol. The Morgan fingerprint density at radius 2 is 2.43 bits per heavy atom. The first-order chi connectivity index (χ1) is 6.83. The highest BCUT2D eigenvalue weighted by atomic mass is 32.2. The molecule has 14 heavy (non-hydrogen) atoms. The molecular weight excluding hydrogens is 192 g/mol. The highest BCUT2D eigenvalue weighted by Crippen LogP contribution is 2.04. The van der Waals surface area contributed by atoms with E-state index in [9.17, 15) is 0 Å². The number of H-pyrrole nitrogens is 1. The van der Waals surface area contributed by atoms with E-state index >= 15 is 0 Å². The SMILES string of the molecule is CCSCCC(C)NCc1cc[nH]c1. The lowest BCUT2D eigenvalue weighted by atomic mass is 10.2. The van der Waals surface area contributed by atoms with E-state index in [1.165, 1.54) is 23.5 Å². The van der Waals surface area contributed by atoms with Crippen LogP contribution >= 0.6 is 11.8 Å². The Hall–Kier alpha value is -0.410. The molecule has 1 unspecified atom stereocenters. The molecule has 0 aliphatic carbocycles. The molecule has 1 aromatic heterocycles. The fourth-order valence-corrected chi connectivity index (χ4v) is 2.08. The van der Waals surface area contributed by atoms with Gasteiger partial charge in [-0.1, -0.05) is 6.92 Å². The van der Waals surface area contributed by atoms with Gasteiger partial charge < -0.3 is 10.3 Å². The number of nitrogens with one attached hydrogen (secondary N) is 2. The standard InChI is InChI=1S/C11H20N2S/c1-3-14-7-5-10(2)13-9-11-4-6-12-8-11/h4,6,8,10,12-13H,3,5,7,9H2,1-2H3. The zero-order valence-electron chi connectivity index (χ0n) is 9.05. The molecule has 1 atom stereocenters. The number of hydrogen-bond donors (Lipinski definition) is 2. The molecule has 0 radical (unpaired) electrons. The third-order valence-corrected chi connectivity index (χ3v) is 3.15. The average molecular weight is 212 g/mol. The lowest BCUT2D eigenvalue weighted by Crippen LogP contribution is -2.25. The quantitative estimate of drug-likeness (QED) is 0.680. The van der Waals surface area contributed by atoms with E-state index in [1.54, 1.807) is 0 Å². The molecule has 0 fully saturated rings. The van der Waals surface area contributed by atoms with Crippen LogP contribution in [0.4, 0.5) is 0 Å². The van der Waals surface area contributed by atoms with Gasteiger partial charge in [0.1, 0.15) is 0 Å². The fraction of sp³-hybridized carbons (Fsp3) is 0.636. The summed E-state index contributed by atoms with van der Waals surface area (Å²) in [6.07, 6.45) is 5.26. The third-order valence-electron chi connectivity index (χ3n) is 2.22. The summed E-state index contributed by atoms with van der Waals surface area (Å²) in [5.41, 5.74) is 1.33. The van der Waals surface area contributed by atoms with Gasteiger partial charge in [0.05, 0.1) is 0 Å². The average Bonchev–Trinajstić information content (AvgIpc) is 2.68. The van der Waals surface area contributed by atoms with Gasteiger partial charge in [0.25, 0.3) is 0 Å². The fourth-order valence-electron chi connectivity index (χ4n) is 1.27. The Balaban J connectivity index is 2.06. The van der Waals surface area contributed by atoms with E-state index in [0.29, 0.717) is 6.04 Å². The van der Waals surface area contributed by atoms with Crippen LogP contribution in [-0.2, 0) is 6.54 Å². The van der Waals surface area contributed by atoms with Crippen LogP contribution in [0.2, 0.25) is 0 Å². The van der Waals surface area contributed by atoms with Crippen molar-refractivity contribution in [2.24, 2.45) is 0 Å². The van der Waals surface area contributed by atoms with Gasteiger partial charge >= 0.3 is 0 Å². The first-order valence-electron chi connectivity index (χ1n) is 5.25. The summed E-state index contributed by atoms with van der Waals surface area (Å²) in [6, 6.07) is 2.73. The van der Waals surface area contributed by atoms with E-state index in [-0.39, 0.29) is 0 Å². The van der Waals surface area contributed by atoms with Gasteiger partial charge in [-0.05, 0) is 36.5 Å². The number of aromatic nitrogens is 1. The molecule has 1 rings (SSSR count). The van der Waals surface area contributed by atoms with Crippen molar-refractivity contribution in [1.82, 2.24) is 10.3 Å². The molecule has 0 aliphatic rings. The Kier molecular flexibility index (Phi) is 5.80. The molecule has 0 bridgehead atoms. The molecular formula is C11H20N2S. The first-order valence-corrected chi connectivity index (χ1v) is 6.41. The van der Waals surface area contributed by atoms with Crippen molar-refractivity contribution in [3.8, 4) is 0 Å². The van der Waals surface area contributed by atoms with Crippen LogP contribution in [-0.4, -0.2) is 22.5 Å². The maximum Gasteiger partial charge on any atom is 0.0222 e. The van der Waals surface area contributed by atoms with Crippen molar-refractivity contribution in [3.05, 3.63) is 24.0 Å². The van der Waals surface area contributed by atoms with Gasteiger partial charge in [0.2, 0.25) is 0 Å². The van der Waals surface area contributed by atoms with Crippen LogP contribution in [0.15, 0.2) is 18.5 Å². The third kappa shape index (κ3) is 4.72. The lowest BCUT2D eigenvalue weighted by molar-refractivity contribution is 0.537. The van der Waals surface area contributed by atoms with Gasteiger partial charge in [0.15, 0.2) is 0 Å². The van der Waals surface area contributed by atoms with Crippen molar-refractivity contribution in [2.75, 3.05) is 11.5 Å². The zero-order chi connectivity index (χ0) is 10.2. The van der Waals surface area contributed by atoms with E-state index in [2.05, 4.69) is 30.2 Å². The Labute approximate surface area is 90.9 Å². The highest BCUT2D eigenvalue weighted by molar-refractivity contribution is 7.99. The number of rotatable bonds is 7. The van der Waals surface area contributed by atoms with Crippen molar-refractivity contribution in [1.29, 1.82) is 0 Å². The molecule has 1 heterocycles. The summed E-state index contributed by atoms with van der Waals surface area (Å²) in [4.78, 5) is 3.06. The van der Waals surface area contributed by atoms with Crippen LogP contribution < -0.4 is 5.32 Å². The Morgan fingerprint density at radius 1 is 1.57 bits per heavy atom. The van der Waals surface area contributed by atoms with Crippen molar-refractivity contribution >= 4 is 11.8 Å². The second kappa shape index (κ2) is 6.96. The summed E-state index contributed by atoms with van der Waals surface area (Å²) >= 11 is 2.01. The van der Waals surface area contributed by atoms with Gasteiger partial charge in [-0.25, -0.2) is 0 Å². The summed E-state index contributed by atoms with van der Waals surface area (Å²) in [7, 11) is 0. The molecule has 0 saturated carbocycles. The Bertz CT molecular complexity index is 221. The van der Waals surface area contributed by atoms with Gasteiger partial charge in [-0.3, -0.25) is 0 Å². The van der Waals surface area contributed by atoms with E-state index in [1.807, 2.05) is 24.2 Å². The molecule has 0 aliphatic heterocycles. The predicted octanol–water partition coefficient (Wildman–Crippen LogP) is 2.64. The van der Waals surface area contributed by atoms with Crippen LogP contribution in [0.5, 0.6) is 0 Å². The van der Waals surface area contributed by atoms with Gasteiger partial charge in [0, 0.05) is 25.0 Å². The number of thioether (sulfide) groups is 1. The van der Waals surface area contributed by atoms with Crippen molar-refractivity contribution in [2.45, 2.75) is 32.9 Å². The maximum absolute atomic E-state index is 3.51. The topological polar surface area (TPSA) is 27.8 Å². The molecule has 0 spiro atoms. The first kappa shape index (κ1) is 11.7. The molecule has 80 valence electrons. The second-order valence-electron chi connectivity index (χ2n) is 3.49. The maximum atomic E-state index is 3.51. The highest BCUT2D eigenvalue weighted by Gasteiger charge is 2.00. The number of aromatic amines is 1. The minimum Gasteiger partial charge on any atom is -0.367 e. The van der Waals surface area contributed by atoms with Crippen LogP contribution in [0.3, 0.4) is 0 Å². The molecule has 2 nitrogen and oxygen atoms in total.